The average molecular weight is 202 g/mol. The summed E-state index contributed by atoms with van der Waals surface area (Å²) in [6.07, 6.45) is 3.93. The lowest BCUT2D eigenvalue weighted by molar-refractivity contribution is 0.456. The van der Waals surface area contributed by atoms with Crippen LogP contribution in [0.3, 0.4) is 0 Å². The third kappa shape index (κ3) is 1.14. The van der Waals surface area contributed by atoms with Crippen molar-refractivity contribution in [1.82, 2.24) is 4.72 Å². The summed E-state index contributed by atoms with van der Waals surface area (Å²) in [7, 11) is -3.47. The van der Waals surface area contributed by atoms with Crippen LogP contribution in [0.25, 0.3) is 0 Å². The first-order valence-corrected chi connectivity index (χ1v) is 6.41. The fourth-order valence-corrected chi connectivity index (χ4v) is 4.37. The van der Waals surface area contributed by atoms with Crippen LogP contribution in [-0.2, 0) is 10.2 Å². The Bertz CT molecular complexity index is 324. The van der Waals surface area contributed by atoms with Gasteiger partial charge in [0.2, 0.25) is 0 Å². The van der Waals surface area contributed by atoms with Crippen molar-refractivity contribution in [2.24, 2.45) is 28.8 Å². The zero-order chi connectivity index (χ0) is 9.22. The molecule has 5 heteroatoms. The van der Waals surface area contributed by atoms with E-state index >= 15 is 0 Å². The molecule has 0 radical (unpaired) electrons. The number of hydrogen-bond donors (Lipinski definition) is 2. The van der Waals surface area contributed by atoms with Gasteiger partial charge in [0.05, 0.1) is 0 Å². The molecule has 3 rings (SSSR count). The molecule has 13 heavy (non-hydrogen) atoms. The second-order valence-corrected chi connectivity index (χ2v) is 6.00. The molecule has 0 saturated heterocycles. The standard InChI is InChI=1S/C8H14N2O2S/c9-13(11,12)10-8-6-4-1-2-5(3-4)7(6)8/h4-8,10H,1-3H2,(H2,9,11,12). The highest BCUT2D eigenvalue weighted by Gasteiger charge is 2.65. The third-order valence-electron chi connectivity index (χ3n) is 4.04. The van der Waals surface area contributed by atoms with Gasteiger partial charge < -0.3 is 0 Å². The Hall–Kier alpha value is -0.130. The SMILES string of the molecule is NS(=O)(=O)NC1C2C3CCC(C3)C12. The summed E-state index contributed by atoms with van der Waals surface area (Å²) in [5, 5.41) is 4.95. The van der Waals surface area contributed by atoms with Crippen molar-refractivity contribution >= 4 is 10.2 Å². The van der Waals surface area contributed by atoms with E-state index in [0.717, 1.165) is 11.8 Å². The molecule has 0 aromatic heterocycles. The molecule has 74 valence electrons. The Morgan fingerprint density at radius 1 is 1.15 bits per heavy atom. The van der Waals surface area contributed by atoms with E-state index < -0.39 is 10.2 Å². The first-order valence-electron chi connectivity index (χ1n) is 4.86. The van der Waals surface area contributed by atoms with Crippen molar-refractivity contribution < 1.29 is 8.42 Å². The molecule has 0 heterocycles. The minimum atomic E-state index is -3.47. The van der Waals surface area contributed by atoms with Gasteiger partial charge in [-0.05, 0) is 42.9 Å². The van der Waals surface area contributed by atoms with Gasteiger partial charge in [-0.25, -0.2) is 5.14 Å². The topological polar surface area (TPSA) is 72.2 Å². The first kappa shape index (κ1) is 8.20. The molecule has 3 saturated carbocycles. The Morgan fingerprint density at radius 3 is 2.15 bits per heavy atom. The Kier molecular flexibility index (Phi) is 1.43. The van der Waals surface area contributed by atoms with Crippen molar-refractivity contribution in [3.8, 4) is 0 Å². The molecule has 4 nitrogen and oxygen atoms in total. The molecule has 0 spiro atoms. The van der Waals surface area contributed by atoms with Gasteiger partial charge in [-0.15, -0.1) is 0 Å². The van der Waals surface area contributed by atoms with Crippen LogP contribution in [0.5, 0.6) is 0 Å². The number of rotatable bonds is 2. The highest BCUT2D eigenvalue weighted by Crippen LogP contribution is 2.65. The number of hydrogen-bond acceptors (Lipinski definition) is 2. The van der Waals surface area contributed by atoms with Crippen molar-refractivity contribution in [3.05, 3.63) is 0 Å². The Balaban J connectivity index is 1.73. The Labute approximate surface area is 78.1 Å². The summed E-state index contributed by atoms with van der Waals surface area (Å²) >= 11 is 0. The smallest absolute Gasteiger partial charge is 0.216 e. The van der Waals surface area contributed by atoms with Crippen LogP contribution in [0.1, 0.15) is 19.3 Å². The van der Waals surface area contributed by atoms with Gasteiger partial charge >= 0.3 is 0 Å². The van der Waals surface area contributed by atoms with E-state index in [2.05, 4.69) is 4.72 Å². The Morgan fingerprint density at radius 2 is 1.69 bits per heavy atom. The van der Waals surface area contributed by atoms with Crippen molar-refractivity contribution in [2.75, 3.05) is 0 Å². The zero-order valence-electron chi connectivity index (χ0n) is 7.31. The van der Waals surface area contributed by atoms with E-state index in [1.165, 1.54) is 19.3 Å². The molecule has 0 amide bonds. The van der Waals surface area contributed by atoms with E-state index in [4.69, 9.17) is 5.14 Å². The lowest BCUT2D eigenvalue weighted by Crippen LogP contribution is -2.35. The van der Waals surface area contributed by atoms with E-state index in [1.54, 1.807) is 0 Å². The maximum Gasteiger partial charge on any atom is 0.274 e. The molecule has 3 aliphatic rings. The predicted octanol–water partition coefficient (Wildman–Crippen LogP) is -0.176. The van der Waals surface area contributed by atoms with Gasteiger partial charge in [0, 0.05) is 6.04 Å². The molecule has 0 aliphatic heterocycles. The maximum absolute atomic E-state index is 10.8. The second kappa shape index (κ2) is 2.27. The minimum absolute atomic E-state index is 0.182. The number of fused-ring (bicyclic) bond motifs is 5. The van der Waals surface area contributed by atoms with Crippen LogP contribution in [0, 0.1) is 23.7 Å². The van der Waals surface area contributed by atoms with Gasteiger partial charge in [0.25, 0.3) is 10.2 Å². The average Bonchev–Trinajstić information content (AvgIpc) is 2.41. The van der Waals surface area contributed by atoms with Crippen molar-refractivity contribution in [3.63, 3.8) is 0 Å². The van der Waals surface area contributed by atoms with Crippen molar-refractivity contribution in [1.29, 1.82) is 0 Å². The normalized spacial score (nSPS) is 52.2. The van der Waals surface area contributed by atoms with E-state index in [0.29, 0.717) is 11.8 Å². The zero-order valence-corrected chi connectivity index (χ0v) is 8.13. The summed E-state index contributed by atoms with van der Waals surface area (Å²) in [5.41, 5.74) is 0. The first-order chi connectivity index (χ1) is 6.06. The second-order valence-electron chi connectivity index (χ2n) is 4.68. The van der Waals surface area contributed by atoms with Crippen LogP contribution in [-0.4, -0.2) is 14.5 Å². The fourth-order valence-electron chi connectivity index (χ4n) is 3.67. The van der Waals surface area contributed by atoms with E-state index in [9.17, 15) is 8.42 Å². The van der Waals surface area contributed by atoms with Crippen LogP contribution in [0.4, 0.5) is 0 Å². The number of nitrogens with one attached hydrogen (secondary N) is 1. The van der Waals surface area contributed by atoms with Crippen LogP contribution < -0.4 is 9.86 Å². The van der Waals surface area contributed by atoms with Gasteiger partial charge in [0.15, 0.2) is 0 Å². The highest BCUT2D eigenvalue weighted by molar-refractivity contribution is 7.87. The van der Waals surface area contributed by atoms with Crippen LogP contribution >= 0.6 is 0 Å². The monoisotopic (exact) mass is 202 g/mol. The molecule has 0 aromatic rings. The quantitative estimate of drug-likeness (QED) is 0.652. The minimum Gasteiger partial charge on any atom is -0.216 e. The molecule has 3 N–H and O–H groups in total. The van der Waals surface area contributed by atoms with Gasteiger partial charge in [-0.2, -0.15) is 13.1 Å². The highest BCUT2D eigenvalue weighted by atomic mass is 32.2. The molecule has 3 aliphatic carbocycles. The number of nitrogens with two attached hydrogens (primary N) is 1. The molecule has 4 atom stereocenters. The largest absolute Gasteiger partial charge is 0.274 e. The lowest BCUT2D eigenvalue weighted by atomic mass is 10.0. The van der Waals surface area contributed by atoms with Gasteiger partial charge in [-0.3, -0.25) is 0 Å². The van der Waals surface area contributed by atoms with Crippen LogP contribution in [0.15, 0.2) is 0 Å². The molecule has 0 aromatic carbocycles. The summed E-state index contributed by atoms with van der Waals surface area (Å²) in [4.78, 5) is 0. The summed E-state index contributed by atoms with van der Waals surface area (Å²) in [6.45, 7) is 0. The lowest BCUT2D eigenvalue weighted by Gasteiger charge is -2.07. The molecular weight excluding hydrogens is 188 g/mol. The third-order valence-corrected chi connectivity index (χ3v) is 4.64. The predicted molar refractivity (Wildman–Crippen MR) is 47.8 cm³/mol. The molecular formula is C8H14N2O2S. The molecule has 4 unspecified atom stereocenters. The van der Waals surface area contributed by atoms with Gasteiger partial charge in [-0.1, -0.05) is 0 Å². The molecule has 3 fully saturated rings. The van der Waals surface area contributed by atoms with E-state index in [1.807, 2.05) is 0 Å². The van der Waals surface area contributed by atoms with Crippen LogP contribution in [0.2, 0.25) is 0 Å². The summed E-state index contributed by atoms with van der Waals surface area (Å²) in [6, 6.07) is 0.182. The van der Waals surface area contributed by atoms with E-state index in [-0.39, 0.29) is 6.04 Å². The fraction of sp³-hybridized carbons (Fsp3) is 1.00. The maximum atomic E-state index is 10.8. The summed E-state index contributed by atoms with van der Waals surface area (Å²) < 4.78 is 24.2. The summed E-state index contributed by atoms with van der Waals surface area (Å²) in [5.74, 6) is 2.82. The molecule has 2 bridgehead atoms. The van der Waals surface area contributed by atoms with Gasteiger partial charge in [0.1, 0.15) is 0 Å². The van der Waals surface area contributed by atoms with Crippen molar-refractivity contribution in [2.45, 2.75) is 25.3 Å².